The van der Waals surface area contributed by atoms with Crippen LogP contribution in [0.5, 0.6) is 0 Å². The molecule has 0 aliphatic carbocycles. The Balaban J connectivity index is 1.63. The van der Waals surface area contributed by atoms with Gasteiger partial charge < -0.3 is 10.3 Å². The van der Waals surface area contributed by atoms with Crippen LogP contribution in [0.1, 0.15) is 11.4 Å². The van der Waals surface area contributed by atoms with Gasteiger partial charge in [0.25, 0.3) is 0 Å². The number of aromatic nitrogens is 2. The van der Waals surface area contributed by atoms with E-state index in [0.717, 1.165) is 22.4 Å². The number of fused-ring (bicyclic) bond motifs is 1. The van der Waals surface area contributed by atoms with Crippen molar-refractivity contribution in [3.05, 3.63) is 65.7 Å². The zero-order chi connectivity index (χ0) is 13.1. The number of nitrogens with zero attached hydrogens (tertiary/aromatic N) is 1. The maximum absolute atomic E-state index is 13.0. The van der Waals surface area contributed by atoms with Gasteiger partial charge in [0, 0.05) is 6.54 Å². The second kappa shape index (κ2) is 5.20. The summed E-state index contributed by atoms with van der Waals surface area (Å²) in [5.74, 6) is 0.681. The Morgan fingerprint density at radius 1 is 1.05 bits per heavy atom. The van der Waals surface area contributed by atoms with E-state index in [4.69, 9.17) is 0 Å². The first-order valence-corrected chi connectivity index (χ1v) is 6.20. The van der Waals surface area contributed by atoms with E-state index in [-0.39, 0.29) is 5.82 Å². The van der Waals surface area contributed by atoms with Crippen LogP contribution >= 0.6 is 0 Å². The highest BCUT2D eigenvalue weighted by molar-refractivity contribution is 5.74. The van der Waals surface area contributed by atoms with Crippen molar-refractivity contribution in [3.63, 3.8) is 0 Å². The van der Waals surface area contributed by atoms with Crippen LogP contribution in [0.3, 0.4) is 0 Å². The molecule has 0 amide bonds. The normalized spacial score (nSPS) is 11.0. The number of nitrogens with one attached hydrogen (secondary N) is 2. The molecule has 0 unspecified atom stereocenters. The van der Waals surface area contributed by atoms with Crippen molar-refractivity contribution in [1.29, 1.82) is 0 Å². The summed E-state index contributed by atoms with van der Waals surface area (Å²) in [7, 11) is 0. The summed E-state index contributed by atoms with van der Waals surface area (Å²) in [6.45, 7) is 1.25. The van der Waals surface area contributed by atoms with Crippen molar-refractivity contribution < 1.29 is 4.39 Å². The third-order valence-electron chi connectivity index (χ3n) is 2.95. The van der Waals surface area contributed by atoms with Crippen LogP contribution in [-0.4, -0.2) is 9.97 Å². The summed E-state index contributed by atoms with van der Waals surface area (Å²) >= 11 is 0. The Kier molecular flexibility index (Phi) is 3.25. The van der Waals surface area contributed by atoms with Gasteiger partial charge in [-0.15, -0.1) is 0 Å². The Morgan fingerprint density at radius 3 is 2.79 bits per heavy atom. The number of H-pyrrole nitrogens is 1. The minimum Gasteiger partial charge on any atom is -0.341 e. The summed E-state index contributed by atoms with van der Waals surface area (Å²) in [6.07, 6.45) is 0. The monoisotopic (exact) mass is 255 g/mol. The van der Waals surface area contributed by atoms with Crippen LogP contribution in [0.25, 0.3) is 11.0 Å². The van der Waals surface area contributed by atoms with E-state index in [1.807, 2.05) is 30.3 Å². The molecule has 0 spiro atoms. The molecule has 4 heteroatoms. The fraction of sp³-hybridized carbons (Fsp3) is 0.133. The third kappa shape index (κ3) is 2.80. The van der Waals surface area contributed by atoms with E-state index >= 15 is 0 Å². The lowest BCUT2D eigenvalue weighted by molar-refractivity contribution is 0.618. The van der Waals surface area contributed by atoms with Crippen molar-refractivity contribution >= 4 is 11.0 Å². The highest BCUT2D eigenvalue weighted by Gasteiger charge is 2.01. The Morgan fingerprint density at radius 2 is 1.95 bits per heavy atom. The number of imidazole rings is 1. The molecular formula is C15H14FN3. The molecule has 0 saturated carbocycles. The molecule has 3 rings (SSSR count). The molecule has 0 aliphatic rings. The van der Waals surface area contributed by atoms with Gasteiger partial charge in [-0.3, -0.25) is 0 Å². The molecule has 96 valence electrons. The molecule has 1 aromatic heterocycles. The number of halogens is 1. The summed E-state index contributed by atoms with van der Waals surface area (Å²) in [6, 6.07) is 14.5. The number of hydrogen-bond acceptors (Lipinski definition) is 2. The van der Waals surface area contributed by atoms with Gasteiger partial charge in [0.05, 0.1) is 17.6 Å². The Labute approximate surface area is 110 Å². The second-order valence-corrected chi connectivity index (χ2v) is 4.43. The first kappa shape index (κ1) is 11.9. The molecule has 3 nitrogen and oxygen atoms in total. The largest absolute Gasteiger partial charge is 0.341 e. The van der Waals surface area contributed by atoms with Gasteiger partial charge in [-0.25, -0.2) is 9.37 Å². The molecule has 0 radical (unpaired) electrons. The van der Waals surface area contributed by atoms with Crippen LogP contribution in [0.4, 0.5) is 4.39 Å². The number of para-hydroxylation sites is 2. The van der Waals surface area contributed by atoms with E-state index in [0.29, 0.717) is 13.1 Å². The SMILES string of the molecule is Fc1cccc(CNCc2nc3ccccc3[nH]2)c1. The minimum absolute atomic E-state index is 0.206. The highest BCUT2D eigenvalue weighted by Crippen LogP contribution is 2.10. The second-order valence-electron chi connectivity index (χ2n) is 4.43. The Bertz CT molecular complexity index is 657. The quantitative estimate of drug-likeness (QED) is 0.752. The average Bonchev–Trinajstić information content (AvgIpc) is 2.81. The predicted molar refractivity (Wildman–Crippen MR) is 73.0 cm³/mol. The van der Waals surface area contributed by atoms with Crippen LogP contribution in [0.2, 0.25) is 0 Å². The van der Waals surface area contributed by atoms with Gasteiger partial charge in [-0.1, -0.05) is 24.3 Å². The van der Waals surface area contributed by atoms with Crippen LogP contribution in [0.15, 0.2) is 48.5 Å². The van der Waals surface area contributed by atoms with E-state index in [9.17, 15) is 4.39 Å². The average molecular weight is 255 g/mol. The smallest absolute Gasteiger partial charge is 0.123 e. The van der Waals surface area contributed by atoms with Crippen LogP contribution in [0, 0.1) is 5.82 Å². The molecule has 0 aliphatic heterocycles. The maximum Gasteiger partial charge on any atom is 0.123 e. The number of aromatic amines is 1. The van der Waals surface area contributed by atoms with Gasteiger partial charge in [0.1, 0.15) is 11.6 Å². The molecule has 2 N–H and O–H groups in total. The lowest BCUT2D eigenvalue weighted by Gasteiger charge is -2.02. The summed E-state index contributed by atoms with van der Waals surface area (Å²) in [5.41, 5.74) is 2.92. The van der Waals surface area contributed by atoms with E-state index in [2.05, 4.69) is 15.3 Å². The van der Waals surface area contributed by atoms with Crippen molar-refractivity contribution in [3.8, 4) is 0 Å². The fourth-order valence-electron chi connectivity index (χ4n) is 2.06. The molecule has 0 saturated heterocycles. The molecule has 2 aromatic carbocycles. The van der Waals surface area contributed by atoms with E-state index in [1.165, 1.54) is 12.1 Å². The van der Waals surface area contributed by atoms with Crippen molar-refractivity contribution in [2.24, 2.45) is 0 Å². The molecular weight excluding hydrogens is 241 g/mol. The number of rotatable bonds is 4. The maximum atomic E-state index is 13.0. The zero-order valence-corrected chi connectivity index (χ0v) is 10.4. The molecule has 19 heavy (non-hydrogen) atoms. The number of hydrogen-bond donors (Lipinski definition) is 2. The number of benzene rings is 2. The molecule has 0 fully saturated rings. The lowest BCUT2D eigenvalue weighted by atomic mass is 10.2. The van der Waals surface area contributed by atoms with Crippen molar-refractivity contribution in [2.75, 3.05) is 0 Å². The van der Waals surface area contributed by atoms with Gasteiger partial charge >= 0.3 is 0 Å². The predicted octanol–water partition coefficient (Wildman–Crippen LogP) is 2.99. The van der Waals surface area contributed by atoms with Crippen molar-refractivity contribution in [2.45, 2.75) is 13.1 Å². The summed E-state index contributed by atoms with van der Waals surface area (Å²) in [4.78, 5) is 7.71. The minimum atomic E-state index is -0.206. The first-order valence-electron chi connectivity index (χ1n) is 6.20. The molecule has 1 heterocycles. The van der Waals surface area contributed by atoms with Crippen LogP contribution in [-0.2, 0) is 13.1 Å². The zero-order valence-electron chi connectivity index (χ0n) is 10.4. The van der Waals surface area contributed by atoms with Gasteiger partial charge in [0.2, 0.25) is 0 Å². The van der Waals surface area contributed by atoms with E-state index < -0.39 is 0 Å². The van der Waals surface area contributed by atoms with Gasteiger partial charge in [0.15, 0.2) is 0 Å². The Hall–Kier alpha value is -2.20. The molecule has 0 bridgehead atoms. The summed E-state index contributed by atoms with van der Waals surface area (Å²) < 4.78 is 13.0. The third-order valence-corrected chi connectivity index (χ3v) is 2.95. The van der Waals surface area contributed by atoms with Crippen molar-refractivity contribution in [1.82, 2.24) is 15.3 Å². The molecule has 3 aromatic rings. The highest BCUT2D eigenvalue weighted by atomic mass is 19.1. The standard InChI is InChI=1S/C15H14FN3/c16-12-5-3-4-11(8-12)9-17-10-15-18-13-6-1-2-7-14(13)19-15/h1-8,17H,9-10H2,(H,18,19). The fourth-order valence-corrected chi connectivity index (χ4v) is 2.06. The topological polar surface area (TPSA) is 40.7 Å². The van der Waals surface area contributed by atoms with Gasteiger partial charge in [-0.2, -0.15) is 0 Å². The van der Waals surface area contributed by atoms with Crippen LogP contribution < -0.4 is 5.32 Å². The summed E-state index contributed by atoms with van der Waals surface area (Å²) in [5, 5.41) is 3.25. The first-order chi connectivity index (χ1) is 9.31. The van der Waals surface area contributed by atoms with E-state index in [1.54, 1.807) is 6.07 Å². The van der Waals surface area contributed by atoms with Gasteiger partial charge in [-0.05, 0) is 29.8 Å². The lowest BCUT2D eigenvalue weighted by Crippen LogP contribution is -2.13. The molecule has 0 atom stereocenters.